The summed E-state index contributed by atoms with van der Waals surface area (Å²) in [7, 11) is 0. The second kappa shape index (κ2) is 7.15. The Morgan fingerprint density at radius 2 is 1.79 bits per heavy atom. The van der Waals surface area contributed by atoms with Crippen molar-refractivity contribution in [2.75, 3.05) is 18.1 Å². The van der Waals surface area contributed by atoms with Crippen molar-refractivity contribution < 1.29 is 19.1 Å². The summed E-state index contributed by atoms with van der Waals surface area (Å²) in [5.74, 6) is 1.59. The molecule has 154 valence electrons. The van der Waals surface area contributed by atoms with Crippen LogP contribution in [0.1, 0.15) is 61.7 Å². The predicted molar refractivity (Wildman–Crippen MR) is 107 cm³/mol. The summed E-state index contributed by atoms with van der Waals surface area (Å²) in [6, 6.07) is 6.89. The molecule has 0 aromatic heterocycles. The maximum atomic E-state index is 12.5. The van der Waals surface area contributed by atoms with Crippen LogP contribution in [0.2, 0.25) is 0 Å². The van der Waals surface area contributed by atoms with Crippen molar-refractivity contribution in [1.82, 2.24) is 5.32 Å². The van der Waals surface area contributed by atoms with Gasteiger partial charge in [0.2, 0.25) is 5.91 Å². The number of anilines is 1. The van der Waals surface area contributed by atoms with Crippen molar-refractivity contribution in [3.63, 3.8) is 0 Å². The molecule has 0 atom stereocenters. The average molecular weight is 396 g/mol. The van der Waals surface area contributed by atoms with E-state index in [2.05, 4.69) is 5.32 Å². The minimum absolute atomic E-state index is 0.0745. The number of hydrogen-bond donors (Lipinski definition) is 1. The Kier molecular flexibility index (Phi) is 4.60. The van der Waals surface area contributed by atoms with E-state index in [4.69, 9.17) is 4.74 Å². The molecule has 1 heterocycles. The number of rotatable bonds is 5. The van der Waals surface area contributed by atoms with Crippen molar-refractivity contribution >= 4 is 23.5 Å². The van der Waals surface area contributed by atoms with Crippen LogP contribution in [0.15, 0.2) is 24.3 Å². The lowest BCUT2D eigenvalue weighted by Crippen LogP contribution is -2.60. The summed E-state index contributed by atoms with van der Waals surface area (Å²) in [4.78, 5) is 38.6. The van der Waals surface area contributed by atoms with E-state index < -0.39 is 5.97 Å². The number of amides is 2. The van der Waals surface area contributed by atoms with Crippen LogP contribution < -0.4 is 10.2 Å². The van der Waals surface area contributed by atoms with Gasteiger partial charge in [-0.05, 0) is 80.9 Å². The molecule has 4 aliphatic carbocycles. The van der Waals surface area contributed by atoms with Gasteiger partial charge >= 0.3 is 5.97 Å². The number of carbonyl (C=O) groups is 3. The number of benzene rings is 1. The number of nitrogens with zero attached hydrogens (tertiary/aromatic N) is 1. The summed E-state index contributed by atoms with van der Waals surface area (Å²) < 4.78 is 5.29. The van der Waals surface area contributed by atoms with E-state index in [1.165, 1.54) is 19.3 Å². The predicted octanol–water partition coefficient (Wildman–Crippen LogP) is 3.06. The highest BCUT2D eigenvalue weighted by atomic mass is 16.5. The highest BCUT2D eigenvalue weighted by Crippen LogP contribution is 2.55. The van der Waals surface area contributed by atoms with Crippen LogP contribution in [0.5, 0.6) is 0 Å². The van der Waals surface area contributed by atoms with Gasteiger partial charge < -0.3 is 15.0 Å². The van der Waals surface area contributed by atoms with E-state index in [1.807, 2.05) is 6.07 Å². The number of hydrogen-bond acceptors (Lipinski definition) is 4. The van der Waals surface area contributed by atoms with Gasteiger partial charge in [0.1, 0.15) is 0 Å². The van der Waals surface area contributed by atoms with E-state index in [1.54, 1.807) is 23.1 Å². The summed E-state index contributed by atoms with van der Waals surface area (Å²) in [6.07, 6.45) is 8.55. The summed E-state index contributed by atoms with van der Waals surface area (Å²) in [5, 5.41) is 3.22. The first-order valence-corrected chi connectivity index (χ1v) is 10.9. The van der Waals surface area contributed by atoms with Crippen molar-refractivity contribution in [2.45, 2.75) is 56.9 Å². The molecular formula is C23H28N2O4. The average Bonchev–Trinajstić information content (AvgIpc) is 3.11. The second-order valence-corrected chi connectivity index (χ2v) is 9.52. The van der Waals surface area contributed by atoms with Gasteiger partial charge in [-0.25, -0.2) is 4.79 Å². The molecule has 5 aliphatic rings. The third-order valence-corrected chi connectivity index (χ3v) is 7.24. The number of carbonyl (C=O) groups excluding carboxylic acids is 3. The van der Waals surface area contributed by atoms with Gasteiger partial charge in [0, 0.05) is 24.2 Å². The molecule has 0 unspecified atom stereocenters. The lowest BCUT2D eigenvalue weighted by atomic mass is 9.53. The van der Waals surface area contributed by atoms with Crippen LogP contribution in [0, 0.1) is 17.8 Å². The highest BCUT2D eigenvalue weighted by molar-refractivity contribution is 5.97. The minimum atomic E-state index is -0.529. The molecule has 2 amide bonds. The van der Waals surface area contributed by atoms with Gasteiger partial charge in [-0.15, -0.1) is 0 Å². The van der Waals surface area contributed by atoms with Gasteiger partial charge in [-0.1, -0.05) is 6.07 Å². The number of esters is 1. The molecule has 6 heteroatoms. The van der Waals surface area contributed by atoms with Crippen LogP contribution >= 0.6 is 0 Å². The number of ether oxygens (including phenoxy) is 1. The molecule has 6 rings (SSSR count). The summed E-state index contributed by atoms with van der Waals surface area (Å²) in [6.45, 7) is 0.415. The molecule has 1 N–H and O–H groups in total. The minimum Gasteiger partial charge on any atom is -0.452 e. The first-order chi connectivity index (χ1) is 14.0. The normalized spacial score (nSPS) is 32.5. The van der Waals surface area contributed by atoms with E-state index in [-0.39, 0.29) is 24.0 Å². The maximum absolute atomic E-state index is 12.5. The molecule has 1 aromatic carbocycles. The smallest absolute Gasteiger partial charge is 0.338 e. The van der Waals surface area contributed by atoms with Crippen LogP contribution in [0.4, 0.5) is 5.69 Å². The molecule has 4 bridgehead atoms. The van der Waals surface area contributed by atoms with Crippen molar-refractivity contribution in [1.29, 1.82) is 0 Å². The topological polar surface area (TPSA) is 75.7 Å². The van der Waals surface area contributed by atoms with E-state index in [0.717, 1.165) is 43.4 Å². The summed E-state index contributed by atoms with van der Waals surface area (Å²) in [5.41, 5.74) is 0.999. The third kappa shape index (κ3) is 3.65. The Morgan fingerprint density at radius 3 is 2.41 bits per heavy atom. The Balaban J connectivity index is 1.18. The van der Waals surface area contributed by atoms with Crippen molar-refractivity contribution in [3.05, 3.63) is 29.8 Å². The molecule has 0 radical (unpaired) electrons. The zero-order valence-corrected chi connectivity index (χ0v) is 16.7. The maximum Gasteiger partial charge on any atom is 0.338 e. The molecule has 5 fully saturated rings. The zero-order chi connectivity index (χ0) is 20.0. The van der Waals surface area contributed by atoms with Gasteiger partial charge in [-0.3, -0.25) is 9.59 Å². The fourth-order valence-corrected chi connectivity index (χ4v) is 6.53. The Labute approximate surface area is 171 Å². The van der Waals surface area contributed by atoms with E-state index in [9.17, 15) is 14.4 Å². The Hall–Kier alpha value is -2.37. The molecule has 4 saturated carbocycles. The molecular weight excluding hydrogens is 368 g/mol. The second-order valence-electron chi connectivity index (χ2n) is 9.52. The molecule has 1 aliphatic heterocycles. The molecule has 0 spiro atoms. The monoisotopic (exact) mass is 396 g/mol. The Bertz CT molecular complexity index is 814. The van der Waals surface area contributed by atoms with Crippen molar-refractivity contribution in [2.24, 2.45) is 17.8 Å². The highest BCUT2D eigenvalue weighted by Gasteiger charge is 2.51. The van der Waals surface area contributed by atoms with Gasteiger partial charge in [0.25, 0.3) is 5.91 Å². The molecule has 6 nitrogen and oxygen atoms in total. The van der Waals surface area contributed by atoms with Crippen LogP contribution in [0.3, 0.4) is 0 Å². The zero-order valence-electron chi connectivity index (χ0n) is 16.7. The summed E-state index contributed by atoms with van der Waals surface area (Å²) >= 11 is 0. The first kappa shape index (κ1) is 18.6. The van der Waals surface area contributed by atoms with E-state index >= 15 is 0 Å². The van der Waals surface area contributed by atoms with Crippen LogP contribution in [-0.4, -0.2) is 36.5 Å². The molecule has 29 heavy (non-hydrogen) atoms. The lowest BCUT2D eigenvalue weighted by Gasteiger charge is -2.56. The lowest BCUT2D eigenvalue weighted by molar-refractivity contribution is -0.130. The van der Waals surface area contributed by atoms with Gasteiger partial charge in [-0.2, -0.15) is 0 Å². The van der Waals surface area contributed by atoms with E-state index in [0.29, 0.717) is 24.2 Å². The van der Waals surface area contributed by atoms with Gasteiger partial charge in [0.15, 0.2) is 6.61 Å². The Morgan fingerprint density at radius 1 is 1.10 bits per heavy atom. The third-order valence-electron chi connectivity index (χ3n) is 7.24. The standard InChI is InChI=1S/C23H28N2O4/c26-20(24-23-11-15-7-16(12-23)9-17(8-15)13-23)14-29-22(28)18-3-1-4-19(10-18)25-6-2-5-21(25)27/h1,3-4,10,15-17H,2,5-9,11-14H2,(H,24,26). The largest absolute Gasteiger partial charge is 0.452 e. The fourth-order valence-electron chi connectivity index (χ4n) is 6.53. The number of nitrogens with one attached hydrogen (secondary N) is 1. The van der Waals surface area contributed by atoms with Gasteiger partial charge in [0.05, 0.1) is 5.56 Å². The molecule has 1 saturated heterocycles. The quantitative estimate of drug-likeness (QED) is 0.776. The first-order valence-electron chi connectivity index (χ1n) is 10.9. The fraction of sp³-hybridized carbons (Fsp3) is 0.609. The van der Waals surface area contributed by atoms with Crippen LogP contribution in [-0.2, 0) is 14.3 Å². The SMILES string of the molecule is O=C(COC(=O)c1cccc(N2CCCC2=O)c1)NC12CC3CC(CC(C3)C1)C2. The van der Waals surface area contributed by atoms with Crippen molar-refractivity contribution in [3.8, 4) is 0 Å². The van der Waals surface area contributed by atoms with Crippen LogP contribution in [0.25, 0.3) is 0 Å². The molecule has 1 aromatic rings.